The molecule has 0 aromatic heterocycles. The number of morpholine rings is 1. The second-order valence-electron chi connectivity index (χ2n) is 7.03. The van der Waals surface area contributed by atoms with Crippen LogP contribution in [0.5, 0.6) is 0 Å². The summed E-state index contributed by atoms with van der Waals surface area (Å²) in [6.07, 6.45) is 1.24. The van der Waals surface area contributed by atoms with Gasteiger partial charge < -0.3 is 20.1 Å². The third kappa shape index (κ3) is 6.74. The number of hydrogen-bond donors (Lipinski definition) is 2. The summed E-state index contributed by atoms with van der Waals surface area (Å²) in [7, 11) is 1.56. The summed E-state index contributed by atoms with van der Waals surface area (Å²) >= 11 is 0. The van der Waals surface area contributed by atoms with Crippen molar-refractivity contribution in [1.29, 1.82) is 0 Å². The van der Waals surface area contributed by atoms with E-state index in [4.69, 9.17) is 9.47 Å². The molecule has 1 aromatic rings. The Morgan fingerprint density at radius 3 is 2.68 bits per heavy atom. The van der Waals surface area contributed by atoms with Crippen molar-refractivity contribution in [2.24, 2.45) is 0 Å². The third-order valence-electron chi connectivity index (χ3n) is 4.51. The Morgan fingerprint density at radius 1 is 1.32 bits per heavy atom. The van der Waals surface area contributed by atoms with Crippen molar-refractivity contribution < 1.29 is 19.2 Å². The molecule has 1 fully saturated rings. The number of anilines is 1. The van der Waals surface area contributed by atoms with Gasteiger partial charge in [0.1, 0.15) is 5.69 Å². The Kier molecular flexibility index (Phi) is 8.62. The fraction of sp³-hybridized carbons (Fsp3) is 0.632. The van der Waals surface area contributed by atoms with Crippen LogP contribution in [0.4, 0.5) is 11.4 Å². The van der Waals surface area contributed by atoms with E-state index in [0.717, 1.165) is 26.1 Å². The van der Waals surface area contributed by atoms with Gasteiger partial charge >= 0.3 is 0 Å². The van der Waals surface area contributed by atoms with Gasteiger partial charge in [-0.3, -0.25) is 19.8 Å². The highest BCUT2D eigenvalue weighted by molar-refractivity contribution is 5.95. The van der Waals surface area contributed by atoms with E-state index in [1.54, 1.807) is 19.2 Å². The van der Waals surface area contributed by atoms with E-state index >= 15 is 0 Å². The molecular weight excluding hydrogens is 364 g/mol. The summed E-state index contributed by atoms with van der Waals surface area (Å²) in [5, 5.41) is 17.1. The van der Waals surface area contributed by atoms with E-state index in [2.05, 4.69) is 29.4 Å². The number of carbonyl (C=O) groups excluding carboxylic acids is 1. The van der Waals surface area contributed by atoms with Crippen LogP contribution in [-0.4, -0.2) is 74.4 Å². The van der Waals surface area contributed by atoms with Crippen molar-refractivity contribution in [2.75, 3.05) is 51.8 Å². The maximum absolute atomic E-state index is 12.3. The maximum Gasteiger partial charge on any atom is 0.293 e. The number of ether oxygens (including phenoxy) is 2. The van der Waals surface area contributed by atoms with Crippen molar-refractivity contribution in [3.63, 3.8) is 0 Å². The molecule has 156 valence electrons. The van der Waals surface area contributed by atoms with Crippen LogP contribution < -0.4 is 10.6 Å². The molecule has 28 heavy (non-hydrogen) atoms. The predicted molar refractivity (Wildman–Crippen MR) is 107 cm³/mol. The molecule has 0 saturated carbocycles. The molecule has 0 radical (unpaired) electrons. The van der Waals surface area contributed by atoms with Crippen LogP contribution in [0.25, 0.3) is 0 Å². The molecule has 9 nitrogen and oxygen atoms in total. The minimum Gasteiger partial charge on any atom is -0.383 e. The van der Waals surface area contributed by atoms with Crippen LogP contribution in [0.3, 0.4) is 0 Å². The number of nitro groups is 1. The van der Waals surface area contributed by atoms with E-state index in [9.17, 15) is 14.9 Å². The zero-order valence-corrected chi connectivity index (χ0v) is 16.8. The van der Waals surface area contributed by atoms with Gasteiger partial charge in [-0.1, -0.05) is 0 Å². The normalized spacial score (nSPS) is 20.0. The van der Waals surface area contributed by atoms with E-state index in [1.165, 1.54) is 6.07 Å². The maximum atomic E-state index is 12.3. The number of nitro benzene ring substituents is 1. The van der Waals surface area contributed by atoms with Gasteiger partial charge in [0, 0.05) is 51.5 Å². The highest BCUT2D eigenvalue weighted by atomic mass is 16.6. The van der Waals surface area contributed by atoms with Gasteiger partial charge in [0.25, 0.3) is 11.6 Å². The Hall–Kier alpha value is -2.23. The van der Waals surface area contributed by atoms with Crippen LogP contribution in [0.15, 0.2) is 18.2 Å². The molecule has 1 heterocycles. The third-order valence-corrected chi connectivity index (χ3v) is 4.51. The molecule has 0 unspecified atom stereocenters. The second-order valence-corrected chi connectivity index (χ2v) is 7.03. The van der Waals surface area contributed by atoms with Crippen LogP contribution in [-0.2, 0) is 9.47 Å². The molecule has 1 aliphatic heterocycles. The number of methoxy groups -OCH3 is 1. The highest BCUT2D eigenvalue weighted by Gasteiger charge is 2.21. The van der Waals surface area contributed by atoms with Gasteiger partial charge in [-0.15, -0.1) is 0 Å². The van der Waals surface area contributed by atoms with Gasteiger partial charge in [0.05, 0.1) is 23.7 Å². The van der Waals surface area contributed by atoms with Crippen molar-refractivity contribution >= 4 is 17.3 Å². The standard InChI is InChI=1S/C19H30N4O5/c1-14-12-22(13-15(2)28-14)9-4-7-21-19(24)16-5-6-17(20-8-10-27-3)18(11-16)23(25)26/h5-6,11,14-15,20H,4,7-10,12-13H2,1-3H3,(H,21,24)/t14-,15-/m0/s1. The number of rotatable bonds is 10. The van der Waals surface area contributed by atoms with Gasteiger partial charge in [-0.2, -0.15) is 0 Å². The average molecular weight is 394 g/mol. The van der Waals surface area contributed by atoms with E-state index < -0.39 is 4.92 Å². The summed E-state index contributed by atoms with van der Waals surface area (Å²) in [5.74, 6) is -0.310. The van der Waals surface area contributed by atoms with Gasteiger partial charge in [0.2, 0.25) is 0 Å². The summed E-state index contributed by atoms with van der Waals surface area (Å²) < 4.78 is 10.6. The van der Waals surface area contributed by atoms with Crippen LogP contribution in [0.2, 0.25) is 0 Å². The first kappa shape index (κ1) is 22.1. The Bertz CT molecular complexity index is 660. The summed E-state index contributed by atoms with van der Waals surface area (Å²) in [6, 6.07) is 4.44. The van der Waals surface area contributed by atoms with Gasteiger partial charge in [-0.05, 0) is 32.4 Å². The number of nitrogens with zero attached hydrogens (tertiary/aromatic N) is 2. The van der Waals surface area contributed by atoms with Crippen molar-refractivity contribution in [1.82, 2.24) is 10.2 Å². The smallest absolute Gasteiger partial charge is 0.293 e. The highest BCUT2D eigenvalue weighted by Crippen LogP contribution is 2.25. The molecule has 0 spiro atoms. The van der Waals surface area contributed by atoms with Gasteiger partial charge in [0.15, 0.2) is 0 Å². The van der Waals surface area contributed by atoms with Crippen LogP contribution in [0.1, 0.15) is 30.6 Å². The molecular formula is C19H30N4O5. The molecule has 0 aliphatic carbocycles. The van der Waals surface area contributed by atoms with Crippen LogP contribution in [0, 0.1) is 10.1 Å². The Labute approximate surface area is 165 Å². The van der Waals surface area contributed by atoms with E-state index in [1.807, 2.05) is 0 Å². The minimum absolute atomic E-state index is 0.125. The monoisotopic (exact) mass is 394 g/mol. The molecule has 1 saturated heterocycles. The Balaban J connectivity index is 1.84. The zero-order chi connectivity index (χ0) is 20.5. The largest absolute Gasteiger partial charge is 0.383 e. The molecule has 2 atom stereocenters. The molecule has 0 bridgehead atoms. The number of nitrogens with one attached hydrogen (secondary N) is 2. The first-order valence-corrected chi connectivity index (χ1v) is 9.58. The molecule has 1 aromatic carbocycles. The molecule has 1 amide bonds. The lowest BCUT2D eigenvalue weighted by Gasteiger charge is -2.35. The SMILES string of the molecule is COCCNc1ccc(C(=O)NCCCN2C[C@H](C)O[C@@H](C)C2)cc1[N+](=O)[O-]. The van der Waals surface area contributed by atoms with Crippen molar-refractivity contribution in [2.45, 2.75) is 32.5 Å². The summed E-state index contributed by atoms with van der Waals surface area (Å²) in [4.78, 5) is 25.5. The quantitative estimate of drug-likeness (QED) is 0.354. The fourth-order valence-electron chi connectivity index (χ4n) is 3.33. The lowest BCUT2D eigenvalue weighted by atomic mass is 10.1. The second kappa shape index (κ2) is 10.9. The van der Waals surface area contributed by atoms with Crippen LogP contribution >= 0.6 is 0 Å². The average Bonchev–Trinajstić information content (AvgIpc) is 2.64. The fourth-order valence-corrected chi connectivity index (χ4v) is 3.33. The zero-order valence-electron chi connectivity index (χ0n) is 16.8. The first-order valence-electron chi connectivity index (χ1n) is 9.58. The molecule has 2 rings (SSSR count). The number of carbonyl (C=O) groups is 1. The number of hydrogen-bond acceptors (Lipinski definition) is 7. The first-order chi connectivity index (χ1) is 13.4. The number of amides is 1. The van der Waals surface area contributed by atoms with Gasteiger partial charge in [-0.25, -0.2) is 0 Å². The van der Waals surface area contributed by atoms with Crippen molar-refractivity contribution in [3.05, 3.63) is 33.9 Å². The summed E-state index contributed by atoms with van der Waals surface area (Å²) in [6.45, 7) is 8.17. The Morgan fingerprint density at radius 2 is 2.04 bits per heavy atom. The van der Waals surface area contributed by atoms with E-state index in [0.29, 0.717) is 25.4 Å². The molecule has 1 aliphatic rings. The minimum atomic E-state index is -0.493. The molecule has 9 heteroatoms. The van der Waals surface area contributed by atoms with E-state index in [-0.39, 0.29) is 29.4 Å². The summed E-state index contributed by atoms with van der Waals surface area (Å²) in [5.41, 5.74) is 0.520. The topological polar surface area (TPSA) is 106 Å². The molecule has 2 N–H and O–H groups in total. The number of benzene rings is 1. The lowest BCUT2D eigenvalue weighted by Crippen LogP contribution is -2.46. The lowest BCUT2D eigenvalue weighted by molar-refractivity contribution is -0.384. The van der Waals surface area contributed by atoms with Crippen molar-refractivity contribution in [3.8, 4) is 0 Å². The predicted octanol–water partition coefficient (Wildman–Crippen LogP) is 1.88.